The molecule has 0 radical (unpaired) electrons. The molecule has 24 heavy (non-hydrogen) atoms. The van der Waals surface area contributed by atoms with Crippen molar-refractivity contribution in [2.24, 2.45) is 0 Å². The van der Waals surface area contributed by atoms with Gasteiger partial charge < -0.3 is 15.4 Å². The summed E-state index contributed by atoms with van der Waals surface area (Å²) in [5.41, 5.74) is 3.76. The van der Waals surface area contributed by atoms with Gasteiger partial charge >= 0.3 is 0 Å². The van der Waals surface area contributed by atoms with Crippen LogP contribution in [0.2, 0.25) is 0 Å². The SMILES string of the molecule is O=C(CCCOc1cccc(F)c1)NCc1ccc2c(c1)CNC2. The summed E-state index contributed by atoms with van der Waals surface area (Å²) in [6, 6.07) is 12.3. The van der Waals surface area contributed by atoms with E-state index in [4.69, 9.17) is 4.74 Å². The molecule has 0 unspecified atom stereocenters. The molecule has 126 valence electrons. The maximum atomic E-state index is 13.0. The number of benzene rings is 2. The van der Waals surface area contributed by atoms with Crippen molar-refractivity contribution in [1.29, 1.82) is 0 Å². The molecule has 0 bridgehead atoms. The second kappa shape index (κ2) is 7.93. The molecule has 0 spiro atoms. The fraction of sp³-hybridized carbons (Fsp3) is 0.316. The molecule has 0 aromatic heterocycles. The summed E-state index contributed by atoms with van der Waals surface area (Å²) in [4.78, 5) is 11.9. The number of hydrogen-bond acceptors (Lipinski definition) is 3. The first kappa shape index (κ1) is 16.5. The van der Waals surface area contributed by atoms with E-state index < -0.39 is 0 Å². The standard InChI is InChI=1S/C19H21FN2O2/c20-17-3-1-4-18(10-17)24-8-2-5-19(23)22-11-14-6-7-15-12-21-13-16(15)9-14/h1,3-4,6-7,9-10,21H,2,5,8,11-13H2,(H,22,23). The Morgan fingerprint density at radius 1 is 1.17 bits per heavy atom. The molecule has 2 aromatic carbocycles. The third kappa shape index (κ3) is 4.55. The van der Waals surface area contributed by atoms with Crippen LogP contribution in [0.1, 0.15) is 29.5 Å². The third-order valence-electron chi connectivity index (χ3n) is 4.00. The smallest absolute Gasteiger partial charge is 0.220 e. The Bertz CT molecular complexity index is 718. The van der Waals surface area contributed by atoms with Gasteiger partial charge in [-0.2, -0.15) is 0 Å². The minimum absolute atomic E-state index is 0.00327. The molecular formula is C19H21FN2O2. The van der Waals surface area contributed by atoms with E-state index in [0.717, 1.165) is 18.7 Å². The molecule has 0 atom stereocenters. The van der Waals surface area contributed by atoms with Crippen LogP contribution in [0.3, 0.4) is 0 Å². The van der Waals surface area contributed by atoms with Gasteiger partial charge in [-0.3, -0.25) is 4.79 Å². The van der Waals surface area contributed by atoms with Crippen LogP contribution in [0.25, 0.3) is 0 Å². The van der Waals surface area contributed by atoms with Crippen LogP contribution in [0.5, 0.6) is 5.75 Å². The van der Waals surface area contributed by atoms with E-state index in [1.807, 2.05) is 0 Å². The summed E-state index contributed by atoms with van der Waals surface area (Å²) in [7, 11) is 0. The van der Waals surface area contributed by atoms with Crippen molar-refractivity contribution in [3.8, 4) is 5.75 Å². The molecule has 0 aliphatic carbocycles. The molecular weight excluding hydrogens is 307 g/mol. The van der Waals surface area contributed by atoms with Crippen molar-refractivity contribution < 1.29 is 13.9 Å². The number of amides is 1. The van der Waals surface area contributed by atoms with Gasteiger partial charge in [0, 0.05) is 32.1 Å². The highest BCUT2D eigenvalue weighted by molar-refractivity contribution is 5.75. The number of carbonyl (C=O) groups excluding carboxylic acids is 1. The predicted molar refractivity (Wildman–Crippen MR) is 90.0 cm³/mol. The molecule has 1 aliphatic heterocycles. The van der Waals surface area contributed by atoms with Gasteiger partial charge in [-0.15, -0.1) is 0 Å². The number of rotatable bonds is 7. The largest absolute Gasteiger partial charge is 0.493 e. The van der Waals surface area contributed by atoms with Gasteiger partial charge in [-0.05, 0) is 35.2 Å². The van der Waals surface area contributed by atoms with Gasteiger partial charge in [-0.25, -0.2) is 4.39 Å². The Kier molecular flexibility index (Phi) is 5.43. The Labute approximate surface area is 141 Å². The first-order valence-corrected chi connectivity index (χ1v) is 8.17. The number of fused-ring (bicyclic) bond motifs is 1. The number of hydrogen-bond donors (Lipinski definition) is 2. The van der Waals surface area contributed by atoms with Crippen LogP contribution >= 0.6 is 0 Å². The third-order valence-corrected chi connectivity index (χ3v) is 4.00. The van der Waals surface area contributed by atoms with E-state index in [9.17, 15) is 9.18 Å². The number of ether oxygens (including phenoxy) is 1. The molecule has 1 heterocycles. The molecule has 5 heteroatoms. The Morgan fingerprint density at radius 2 is 2.04 bits per heavy atom. The summed E-state index contributed by atoms with van der Waals surface area (Å²) < 4.78 is 18.4. The molecule has 2 aromatic rings. The van der Waals surface area contributed by atoms with Crippen LogP contribution in [0.15, 0.2) is 42.5 Å². The second-order valence-electron chi connectivity index (χ2n) is 5.89. The van der Waals surface area contributed by atoms with Crippen molar-refractivity contribution in [2.75, 3.05) is 6.61 Å². The van der Waals surface area contributed by atoms with Crippen LogP contribution in [-0.2, 0) is 24.4 Å². The second-order valence-corrected chi connectivity index (χ2v) is 5.89. The lowest BCUT2D eigenvalue weighted by molar-refractivity contribution is -0.121. The zero-order valence-corrected chi connectivity index (χ0v) is 13.5. The summed E-state index contributed by atoms with van der Waals surface area (Å²) in [5, 5.41) is 6.23. The Balaban J connectivity index is 1.35. The maximum absolute atomic E-state index is 13.0. The summed E-state index contributed by atoms with van der Waals surface area (Å²) in [6.07, 6.45) is 0.984. The Morgan fingerprint density at radius 3 is 2.92 bits per heavy atom. The van der Waals surface area contributed by atoms with Gasteiger partial charge in [0.15, 0.2) is 0 Å². The van der Waals surface area contributed by atoms with Gasteiger partial charge in [0.1, 0.15) is 11.6 Å². The van der Waals surface area contributed by atoms with Crippen LogP contribution in [0, 0.1) is 5.82 Å². The Hall–Kier alpha value is -2.40. The zero-order chi connectivity index (χ0) is 16.8. The van der Waals surface area contributed by atoms with Crippen LogP contribution < -0.4 is 15.4 Å². The van der Waals surface area contributed by atoms with E-state index in [-0.39, 0.29) is 11.7 Å². The molecule has 3 rings (SSSR count). The minimum Gasteiger partial charge on any atom is -0.493 e. The number of carbonyl (C=O) groups is 1. The molecule has 0 fully saturated rings. The van der Waals surface area contributed by atoms with E-state index in [1.165, 1.54) is 23.3 Å². The highest BCUT2D eigenvalue weighted by atomic mass is 19.1. The van der Waals surface area contributed by atoms with Crippen molar-refractivity contribution >= 4 is 5.91 Å². The average Bonchev–Trinajstić information content (AvgIpc) is 3.05. The number of halogens is 1. The average molecular weight is 328 g/mol. The fourth-order valence-electron chi connectivity index (χ4n) is 2.73. The summed E-state index contributed by atoms with van der Waals surface area (Å²) >= 11 is 0. The topological polar surface area (TPSA) is 50.4 Å². The van der Waals surface area contributed by atoms with E-state index in [0.29, 0.717) is 31.7 Å². The van der Waals surface area contributed by atoms with Gasteiger partial charge in [0.05, 0.1) is 6.61 Å². The highest BCUT2D eigenvalue weighted by Crippen LogP contribution is 2.17. The minimum atomic E-state index is -0.324. The quantitative estimate of drug-likeness (QED) is 0.769. The van der Waals surface area contributed by atoms with Gasteiger partial charge in [0.25, 0.3) is 0 Å². The number of nitrogens with one attached hydrogen (secondary N) is 2. The van der Waals surface area contributed by atoms with Crippen LogP contribution in [0.4, 0.5) is 4.39 Å². The maximum Gasteiger partial charge on any atom is 0.220 e. The highest BCUT2D eigenvalue weighted by Gasteiger charge is 2.10. The normalized spacial score (nSPS) is 12.7. The van der Waals surface area contributed by atoms with Crippen molar-refractivity contribution in [2.45, 2.75) is 32.5 Å². The molecule has 0 saturated carbocycles. The first-order valence-electron chi connectivity index (χ1n) is 8.17. The van der Waals surface area contributed by atoms with E-state index in [1.54, 1.807) is 12.1 Å². The fourth-order valence-corrected chi connectivity index (χ4v) is 2.73. The van der Waals surface area contributed by atoms with Crippen LogP contribution in [-0.4, -0.2) is 12.5 Å². The lowest BCUT2D eigenvalue weighted by Gasteiger charge is -2.08. The molecule has 1 amide bonds. The van der Waals surface area contributed by atoms with Gasteiger partial charge in [0.2, 0.25) is 5.91 Å². The lowest BCUT2D eigenvalue weighted by Crippen LogP contribution is -2.23. The monoisotopic (exact) mass is 328 g/mol. The molecule has 4 nitrogen and oxygen atoms in total. The predicted octanol–water partition coefficient (Wildman–Crippen LogP) is 2.90. The zero-order valence-electron chi connectivity index (χ0n) is 13.5. The first-order chi connectivity index (χ1) is 11.7. The lowest BCUT2D eigenvalue weighted by atomic mass is 10.1. The summed E-state index contributed by atoms with van der Waals surface area (Å²) in [6.45, 7) is 2.75. The summed E-state index contributed by atoms with van der Waals surface area (Å²) in [5.74, 6) is 0.161. The van der Waals surface area contributed by atoms with E-state index in [2.05, 4.69) is 28.8 Å². The molecule has 0 saturated heterocycles. The van der Waals surface area contributed by atoms with Crippen molar-refractivity contribution in [1.82, 2.24) is 10.6 Å². The van der Waals surface area contributed by atoms with Gasteiger partial charge in [-0.1, -0.05) is 24.3 Å². The van der Waals surface area contributed by atoms with Crippen molar-refractivity contribution in [3.63, 3.8) is 0 Å². The van der Waals surface area contributed by atoms with E-state index >= 15 is 0 Å². The van der Waals surface area contributed by atoms with Crippen molar-refractivity contribution in [3.05, 3.63) is 65.0 Å². The molecule has 2 N–H and O–H groups in total. The molecule has 1 aliphatic rings.